The van der Waals surface area contributed by atoms with Gasteiger partial charge >= 0.3 is 0 Å². The smallest absolute Gasteiger partial charge is 0.231 e. The van der Waals surface area contributed by atoms with Gasteiger partial charge in [0.25, 0.3) is 0 Å². The number of ether oxygens (including phenoxy) is 1. The predicted octanol–water partition coefficient (Wildman–Crippen LogP) is 1.46. The van der Waals surface area contributed by atoms with Crippen LogP contribution in [0.1, 0.15) is 56.3 Å². The molecule has 3 aliphatic heterocycles. The maximum atomic E-state index is 5.84. The van der Waals surface area contributed by atoms with E-state index in [1.807, 2.05) is 0 Å². The molecule has 2 bridgehead atoms. The minimum absolute atomic E-state index is 0.0330. The fraction of sp³-hybridized carbons (Fsp3) is 0.867. The lowest BCUT2D eigenvalue weighted by atomic mass is 9.89. The van der Waals surface area contributed by atoms with E-state index in [1.54, 1.807) is 0 Å². The molecule has 0 radical (unpaired) electrons. The van der Waals surface area contributed by atoms with Gasteiger partial charge in [-0.3, -0.25) is 4.90 Å². The molecule has 1 aromatic heterocycles. The van der Waals surface area contributed by atoms with E-state index in [2.05, 4.69) is 27.3 Å². The highest BCUT2D eigenvalue weighted by Gasteiger charge is 2.43. The Bertz CT molecular complexity index is 490. The molecule has 3 fully saturated rings. The van der Waals surface area contributed by atoms with Gasteiger partial charge in [0.15, 0.2) is 0 Å². The van der Waals surface area contributed by atoms with Gasteiger partial charge in [-0.15, -0.1) is 0 Å². The van der Waals surface area contributed by atoms with E-state index in [4.69, 9.17) is 9.26 Å². The van der Waals surface area contributed by atoms with Crippen molar-refractivity contribution in [1.82, 2.24) is 20.4 Å². The Balaban J connectivity index is 1.44. The van der Waals surface area contributed by atoms with E-state index < -0.39 is 0 Å². The lowest BCUT2D eigenvalue weighted by molar-refractivity contribution is -0.0350. The number of hydrogen-bond donors (Lipinski definition) is 1. The van der Waals surface area contributed by atoms with Gasteiger partial charge < -0.3 is 14.6 Å². The molecule has 4 rings (SSSR count). The Labute approximate surface area is 125 Å². The second kappa shape index (κ2) is 5.66. The van der Waals surface area contributed by atoms with Crippen LogP contribution in [0, 0.1) is 0 Å². The fourth-order valence-corrected chi connectivity index (χ4v) is 4.00. The number of rotatable bonds is 4. The molecular formula is C15H24N4O2. The zero-order chi connectivity index (χ0) is 14.2. The zero-order valence-electron chi connectivity index (χ0n) is 12.6. The first-order valence-electron chi connectivity index (χ1n) is 8.27. The Hall–Kier alpha value is -0.980. The number of aromatic nitrogens is 2. The number of nitrogens with one attached hydrogen (secondary N) is 1. The molecule has 3 aliphatic rings. The fourth-order valence-electron chi connectivity index (χ4n) is 4.00. The number of nitrogens with zero attached hydrogens (tertiary/aromatic N) is 3. The van der Waals surface area contributed by atoms with Crippen molar-refractivity contribution in [2.45, 2.75) is 56.7 Å². The van der Waals surface area contributed by atoms with Crippen molar-refractivity contribution in [3.05, 3.63) is 11.7 Å². The van der Waals surface area contributed by atoms with Crippen LogP contribution in [0.15, 0.2) is 4.52 Å². The SMILES string of the molecule is CCCN1CCOC(c2noc(C3CC4CCC3N4)n2)C1. The van der Waals surface area contributed by atoms with Gasteiger partial charge in [0, 0.05) is 25.2 Å². The van der Waals surface area contributed by atoms with Gasteiger partial charge in [-0.25, -0.2) is 0 Å². The van der Waals surface area contributed by atoms with Crippen molar-refractivity contribution in [2.75, 3.05) is 26.2 Å². The summed E-state index contributed by atoms with van der Waals surface area (Å²) in [4.78, 5) is 7.08. The third kappa shape index (κ3) is 2.60. The van der Waals surface area contributed by atoms with Crippen molar-refractivity contribution in [2.24, 2.45) is 0 Å². The van der Waals surface area contributed by atoms with Crippen molar-refractivity contribution >= 4 is 0 Å². The van der Waals surface area contributed by atoms with Crippen LogP contribution in [-0.4, -0.2) is 53.4 Å². The Morgan fingerprint density at radius 3 is 3.10 bits per heavy atom. The minimum Gasteiger partial charge on any atom is -0.367 e. The van der Waals surface area contributed by atoms with E-state index in [9.17, 15) is 0 Å². The topological polar surface area (TPSA) is 63.4 Å². The number of hydrogen-bond acceptors (Lipinski definition) is 6. The normalized spacial score (nSPS) is 36.4. The average molecular weight is 292 g/mol. The summed E-state index contributed by atoms with van der Waals surface area (Å²) in [5.41, 5.74) is 0. The summed E-state index contributed by atoms with van der Waals surface area (Å²) in [7, 11) is 0. The van der Waals surface area contributed by atoms with Crippen molar-refractivity contribution < 1.29 is 9.26 Å². The van der Waals surface area contributed by atoms with Gasteiger partial charge in [-0.1, -0.05) is 12.1 Å². The van der Waals surface area contributed by atoms with Gasteiger partial charge in [-0.2, -0.15) is 4.98 Å². The van der Waals surface area contributed by atoms with Crippen molar-refractivity contribution in [1.29, 1.82) is 0 Å². The maximum Gasteiger partial charge on any atom is 0.231 e. The van der Waals surface area contributed by atoms with E-state index in [-0.39, 0.29) is 6.10 Å². The summed E-state index contributed by atoms with van der Waals surface area (Å²) in [5, 5.41) is 7.82. The second-order valence-corrected chi connectivity index (χ2v) is 6.54. The molecule has 1 aromatic rings. The molecule has 0 aromatic carbocycles. The molecule has 0 aliphatic carbocycles. The molecule has 116 valence electrons. The molecule has 4 atom stereocenters. The first-order chi connectivity index (χ1) is 10.3. The van der Waals surface area contributed by atoms with Gasteiger partial charge in [0.1, 0.15) is 6.10 Å². The van der Waals surface area contributed by atoms with Crippen LogP contribution in [0.3, 0.4) is 0 Å². The van der Waals surface area contributed by atoms with Crippen molar-refractivity contribution in [3.63, 3.8) is 0 Å². The first-order valence-corrected chi connectivity index (χ1v) is 8.27. The summed E-state index contributed by atoms with van der Waals surface area (Å²) in [6.07, 6.45) is 4.80. The van der Waals surface area contributed by atoms with Crippen molar-refractivity contribution in [3.8, 4) is 0 Å². The van der Waals surface area contributed by atoms with Gasteiger partial charge in [0.05, 0.1) is 12.5 Å². The monoisotopic (exact) mass is 292 g/mol. The highest BCUT2D eigenvalue weighted by molar-refractivity contribution is 5.10. The lowest BCUT2D eigenvalue weighted by Crippen LogP contribution is -2.39. The summed E-state index contributed by atoms with van der Waals surface area (Å²) in [5.74, 6) is 1.94. The highest BCUT2D eigenvalue weighted by Crippen LogP contribution is 2.39. The van der Waals surface area contributed by atoms with Gasteiger partial charge in [0.2, 0.25) is 11.7 Å². The average Bonchev–Trinajstić information content (AvgIpc) is 3.24. The highest BCUT2D eigenvalue weighted by atomic mass is 16.5. The maximum absolute atomic E-state index is 5.84. The molecule has 4 unspecified atom stereocenters. The summed E-state index contributed by atoms with van der Waals surface area (Å²) < 4.78 is 11.4. The van der Waals surface area contributed by atoms with Crippen LogP contribution >= 0.6 is 0 Å². The molecular weight excluding hydrogens is 268 g/mol. The van der Waals surface area contributed by atoms with Crippen LogP contribution in [0.5, 0.6) is 0 Å². The second-order valence-electron chi connectivity index (χ2n) is 6.54. The minimum atomic E-state index is -0.0330. The van der Waals surface area contributed by atoms with E-state index in [0.717, 1.165) is 44.4 Å². The van der Waals surface area contributed by atoms with Gasteiger partial charge in [-0.05, 0) is 32.2 Å². The molecule has 0 amide bonds. The summed E-state index contributed by atoms with van der Waals surface area (Å²) >= 11 is 0. The van der Waals surface area contributed by atoms with Crippen LogP contribution in [0.25, 0.3) is 0 Å². The standard InChI is InChI=1S/C15H24N4O2/c1-2-5-19-6-7-20-13(9-19)14-17-15(21-18-14)11-8-10-3-4-12(11)16-10/h10-13,16H,2-9H2,1H3. The molecule has 3 saturated heterocycles. The van der Waals surface area contributed by atoms with Crippen LogP contribution in [0.2, 0.25) is 0 Å². The summed E-state index contributed by atoms with van der Waals surface area (Å²) in [6, 6.07) is 1.19. The zero-order valence-corrected chi connectivity index (χ0v) is 12.6. The van der Waals surface area contributed by atoms with E-state index >= 15 is 0 Å². The third-order valence-electron chi connectivity index (χ3n) is 5.05. The Kier molecular flexibility index (Phi) is 3.69. The van der Waals surface area contributed by atoms with Crippen LogP contribution in [-0.2, 0) is 4.74 Å². The molecule has 6 heteroatoms. The predicted molar refractivity (Wildman–Crippen MR) is 77.0 cm³/mol. The molecule has 4 heterocycles. The Morgan fingerprint density at radius 1 is 1.38 bits per heavy atom. The molecule has 0 saturated carbocycles. The summed E-state index contributed by atoms with van der Waals surface area (Å²) in [6.45, 7) is 5.96. The number of morpholine rings is 1. The lowest BCUT2D eigenvalue weighted by Gasteiger charge is -2.30. The van der Waals surface area contributed by atoms with E-state index in [1.165, 1.54) is 19.3 Å². The Morgan fingerprint density at radius 2 is 2.33 bits per heavy atom. The molecule has 0 spiro atoms. The molecule has 1 N–H and O–H groups in total. The quantitative estimate of drug-likeness (QED) is 0.906. The van der Waals surface area contributed by atoms with E-state index in [0.29, 0.717) is 18.0 Å². The largest absolute Gasteiger partial charge is 0.367 e. The number of fused-ring (bicyclic) bond motifs is 2. The van der Waals surface area contributed by atoms with Crippen LogP contribution < -0.4 is 5.32 Å². The molecule has 21 heavy (non-hydrogen) atoms. The van der Waals surface area contributed by atoms with Crippen LogP contribution in [0.4, 0.5) is 0 Å². The third-order valence-corrected chi connectivity index (χ3v) is 5.05. The first kappa shape index (κ1) is 13.7. The molecule has 6 nitrogen and oxygen atoms in total.